The predicted octanol–water partition coefficient (Wildman–Crippen LogP) is 2.87. The molecule has 0 amide bonds. The number of aromatic nitrogens is 5. The number of hydrogen-bond acceptors (Lipinski definition) is 6. The van der Waals surface area contributed by atoms with Gasteiger partial charge in [0.25, 0.3) is 13.9 Å². The number of aromatic amines is 1. The van der Waals surface area contributed by atoms with Gasteiger partial charge in [-0.15, -0.1) is 5.10 Å². The number of sulfone groups is 1. The van der Waals surface area contributed by atoms with E-state index in [0.29, 0.717) is 33.8 Å². The maximum Gasteiger partial charge on any atom is 0.279 e. The minimum Gasteiger partial charge on any atom is -0.529 e. The Hall–Kier alpha value is -2.14. The summed E-state index contributed by atoms with van der Waals surface area (Å²) in [5.41, 5.74) is 1.38. The highest BCUT2D eigenvalue weighted by molar-refractivity contribution is 7.90. The molecule has 3 rings (SSSR count). The smallest absolute Gasteiger partial charge is 0.279 e. The number of aryl methyl sites for hydroxylation is 1. The lowest BCUT2D eigenvalue weighted by Crippen LogP contribution is -2.50. The van der Waals surface area contributed by atoms with Crippen molar-refractivity contribution in [1.29, 1.82) is 0 Å². The van der Waals surface area contributed by atoms with Crippen LogP contribution in [0.25, 0.3) is 16.8 Å². The average molecular weight is 440 g/mol. The van der Waals surface area contributed by atoms with Crippen LogP contribution in [0.3, 0.4) is 0 Å². The third-order valence-corrected chi connectivity index (χ3v) is 12.7. The van der Waals surface area contributed by atoms with E-state index in [1.54, 1.807) is 13.1 Å². The lowest BCUT2D eigenvalue weighted by atomic mass is 10.5. The van der Waals surface area contributed by atoms with Crippen LogP contribution >= 0.6 is 0 Å². The first-order valence-electron chi connectivity index (χ1n) is 9.68. The van der Waals surface area contributed by atoms with Crippen molar-refractivity contribution in [3.63, 3.8) is 0 Å². The molecule has 9 nitrogen and oxygen atoms in total. The summed E-state index contributed by atoms with van der Waals surface area (Å²) in [7, 11) is -4.28. The highest BCUT2D eigenvalue weighted by Gasteiger charge is 2.47. The molecule has 0 bridgehead atoms. The van der Waals surface area contributed by atoms with Crippen LogP contribution in [0.1, 0.15) is 41.5 Å². The van der Waals surface area contributed by atoms with Crippen molar-refractivity contribution >= 4 is 35.0 Å². The molecule has 0 aliphatic heterocycles. The van der Waals surface area contributed by atoms with Gasteiger partial charge in [0.15, 0.2) is 11.2 Å². The molecular formula is C18H29N5O4SSi. The second-order valence-electron chi connectivity index (χ2n) is 8.55. The van der Waals surface area contributed by atoms with Crippen LogP contribution in [-0.2, 0) is 16.9 Å². The van der Waals surface area contributed by atoms with Gasteiger partial charge in [0.2, 0.25) is 20.9 Å². The van der Waals surface area contributed by atoms with Gasteiger partial charge >= 0.3 is 0 Å². The van der Waals surface area contributed by atoms with Crippen LogP contribution in [0.2, 0.25) is 16.6 Å². The summed E-state index contributed by atoms with van der Waals surface area (Å²) < 4.78 is 33.6. The monoisotopic (exact) mass is 439 g/mol. The molecule has 0 aliphatic carbocycles. The number of H-pyrrole nitrogens is 1. The predicted molar refractivity (Wildman–Crippen MR) is 115 cm³/mol. The first-order valence-corrected chi connectivity index (χ1v) is 13.7. The SMILES string of the molecule is CC(C)[Si](Oc1cc2[nH]c(=O)c3nc(S(C)(=O)=O)n(C)c3n2n1)(C(C)C)C(C)C. The molecule has 160 valence electrons. The number of imidazole rings is 1. The van der Waals surface area contributed by atoms with Crippen molar-refractivity contribution in [3.8, 4) is 5.88 Å². The molecule has 0 atom stereocenters. The largest absolute Gasteiger partial charge is 0.529 e. The van der Waals surface area contributed by atoms with Gasteiger partial charge in [-0.1, -0.05) is 41.5 Å². The van der Waals surface area contributed by atoms with Crippen LogP contribution in [-0.4, -0.2) is 47.1 Å². The topological polar surface area (TPSA) is 111 Å². The van der Waals surface area contributed by atoms with E-state index in [4.69, 9.17) is 4.43 Å². The Labute approximate surface area is 171 Å². The normalized spacial score (nSPS) is 13.5. The van der Waals surface area contributed by atoms with E-state index in [1.165, 1.54) is 9.08 Å². The van der Waals surface area contributed by atoms with Gasteiger partial charge < -0.3 is 14.0 Å². The van der Waals surface area contributed by atoms with Crippen LogP contribution < -0.4 is 9.99 Å². The van der Waals surface area contributed by atoms with Crippen LogP contribution in [0.4, 0.5) is 0 Å². The number of hydrogen-bond donors (Lipinski definition) is 1. The van der Waals surface area contributed by atoms with E-state index < -0.39 is 23.7 Å². The first-order chi connectivity index (χ1) is 13.3. The number of fused-ring (bicyclic) bond motifs is 3. The highest BCUT2D eigenvalue weighted by Crippen LogP contribution is 2.42. The molecule has 0 fully saturated rings. The highest BCUT2D eigenvalue weighted by atomic mass is 32.2. The Balaban J connectivity index is 2.27. The lowest BCUT2D eigenvalue weighted by molar-refractivity contribution is 0.461. The Morgan fingerprint density at radius 2 is 1.66 bits per heavy atom. The molecule has 0 saturated heterocycles. The van der Waals surface area contributed by atoms with Crippen LogP contribution in [0.5, 0.6) is 5.88 Å². The molecule has 3 aromatic heterocycles. The standard InChI is InChI=1S/C18H29N5O4SSi/c1-10(2)29(11(3)4,12(5)6)27-14-9-13-19-16(24)15-17(23(13)21-14)22(7)18(20-15)28(8,25)26/h9-12H,1-8H3,(H,19,24). The van der Waals surface area contributed by atoms with Crippen LogP contribution in [0, 0.1) is 0 Å². The fourth-order valence-electron chi connectivity index (χ4n) is 4.57. The van der Waals surface area contributed by atoms with E-state index in [9.17, 15) is 13.2 Å². The zero-order valence-corrected chi connectivity index (χ0v) is 20.0. The van der Waals surface area contributed by atoms with E-state index in [2.05, 4.69) is 56.6 Å². The second kappa shape index (κ2) is 6.98. The molecule has 0 aliphatic rings. The molecule has 3 heterocycles. The Morgan fingerprint density at radius 1 is 1.10 bits per heavy atom. The van der Waals surface area contributed by atoms with Gasteiger partial charge in [-0.2, -0.15) is 4.52 Å². The van der Waals surface area contributed by atoms with E-state index in [1.807, 2.05) is 0 Å². The van der Waals surface area contributed by atoms with E-state index in [0.717, 1.165) is 6.26 Å². The van der Waals surface area contributed by atoms with Crippen LogP contribution in [0.15, 0.2) is 16.0 Å². The third-order valence-electron chi connectivity index (χ3n) is 5.69. The zero-order chi connectivity index (χ0) is 21.9. The van der Waals surface area contributed by atoms with Gasteiger partial charge in [-0.05, 0) is 16.6 Å². The molecule has 29 heavy (non-hydrogen) atoms. The summed E-state index contributed by atoms with van der Waals surface area (Å²) in [6, 6.07) is 1.70. The van der Waals surface area contributed by atoms with Gasteiger partial charge in [-0.3, -0.25) is 4.79 Å². The quantitative estimate of drug-likeness (QED) is 0.591. The molecule has 0 unspecified atom stereocenters. The van der Waals surface area contributed by atoms with Gasteiger partial charge in [-0.25, -0.2) is 13.4 Å². The fourth-order valence-corrected chi connectivity index (χ4v) is 10.6. The molecule has 0 radical (unpaired) electrons. The van der Waals surface area contributed by atoms with E-state index in [-0.39, 0.29) is 10.7 Å². The summed E-state index contributed by atoms with van der Waals surface area (Å²) in [6.07, 6.45) is 1.06. The summed E-state index contributed by atoms with van der Waals surface area (Å²) in [4.78, 5) is 19.3. The number of nitrogens with one attached hydrogen (secondary N) is 1. The molecule has 0 spiro atoms. The molecular weight excluding hydrogens is 410 g/mol. The maximum absolute atomic E-state index is 12.5. The molecule has 1 N–H and O–H groups in total. The molecule has 3 aromatic rings. The zero-order valence-electron chi connectivity index (χ0n) is 18.1. The molecule has 0 aromatic carbocycles. The van der Waals surface area contributed by atoms with Gasteiger partial charge in [0.05, 0.1) is 0 Å². The van der Waals surface area contributed by atoms with Crippen molar-refractivity contribution in [2.75, 3.05) is 6.26 Å². The maximum atomic E-state index is 12.5. The second-order valence-corrected chi connectivity index (χ2v) is 15.8. The summed E-state index contributed by atoms with van der Waals surface area (Å²) in [5, 5.41) is 4.39. The Kier molecular flexibility index (Phi) is 5.19. The van der Waals surface area contributed by atoms with Crippen molar-refractivity contribution in [3.05, 3.63) is 16.4 Å². The van der Waals surface area contributed by atoms with Gasteiger partial charge in [0.1, 0.15) is 5.65 Å². The summed E-state index contributed by atoms with van der Waals surface area (Å²) in [6.45, 7) is 13.1. The Morgan fingerprint density at radius 3 is 2.14 bits per heavy atom. The minimum atomic E-state index is -3.60. The van der Waals surface area contributed by atoms with Crippen molar-refractivity contribution < 1.29 is 12.8 Å². The third kappa shape index (κ3) is 3.29. The summed E-state index contributed by atoms with van der Waals surface area (Å²) in [5.74, 6) is 0.429. The molecule has 11 heteroatoms. The number of nitrogens with zero attached hydrogens (tertiary/aromatic N) is 4. The van der Waals surface area contributed by atoms with Crippen molar-refractivity contribution in [2.24, 2.45) is 7.05 Å². The lowest BCUT2D eigenvalue weighted by Gasteiger charge is -2.41. The van der Waals surface area contributed by atoms with Crippen molar-refractivity contribution in [2.45, 2.75) is 63.3 Å². The van der Waals surface area contributed by atoms with E-state index >= 15 is 0 Å². The summed E-state index contributed by atoms with van der Waals surface area (Å²) >= 11 is 0. The minimum absolute atomic E-state index is 0.0233. The fraction of sp³-hybridized carbons (Fsp3) is 0.611. The average Bonchev–Trinajstić information content (AvgIpc) is 3.12. The Bertz CT molecular complexity index is 1210. The number of rotatable bonds is 6. The van der Waals surface area contributed by atoms with Gasteiger partial charge in [0, 0.05) is 19.4 Å². The first kappa shape index (κ1) is 21.6. The van der Waals surface area contributed by atoms with Crippen molar-refractivity contribution in [1.82, 2.24) is 24.1 Å². The molecule has 0 saturated carbocycles.